The lowest BCUT2D eigenvalue weighted by Gasteiger charge is -2.36. The number of aromatic hydroxyl groups is 2. The second-order valence-electron chi connectivity index (χ2n) is 14.7. The number of hydrogen-bond donors (Lipinski definition) is 6. The lowest BCUT2D eigenvalue weighted by atomic mass is 9.78. The van der Waals surface area contributed by atoms with Crippen LogP contribution in [-0.4, -0.2) is 105 Å². The summed E-state index contributed by atoms with van der Waals surface area (Å²) in [4.78, 5) is 42.4. The molecule has 6 N–H and O–H groups in total. The number of hydrogen-bond acceptors (Lipinski definition) is 12. The first-order valence-corrected chi connectivity index (χ1v) is 18.6. The first-order chi connectivity index (χ1) is 25.8. The summed E-state index contributed by atoms with van der Waals surface area (Å²) in [5, 5.41) is 59.2. The van der Waals surface area contributed by atoms with Crippen LogP contribution in [0.3, 0.4) is 0 Å². The molecule has 9 atom stereocenters. The number of anilines is 1. The molecule has 0 saturated heterocycles. The molecule has 14 nitrogen and oxygen atoms in total. The minimum Gasteiger partial charge on any atom is -0.507 e. The van der Waals surface area contributed by atoms with Gasteiger partial charge in [-0.25, -0.2) is 0 Å². The summed E-state index contributed by atoms with van der Waals surface area (Å²) in [6.07, 6.45) is 3.52. The van der Waals surface area contributed by atoms with Gasteiger partial charge in [-0.05, 0) is 33.8 Å². The monoisotopic (exact) mass is 768 g/mol. The number of fused-ring (bicyclic) bond motifs is 14. The number of amides is 2. The number of likely N-dealkylation sites (N-methyl/N-ethyl adjacent to an activating group) is 1. The standard InChI is InChI=1S/C41H56N2O12/c1-11-43(12-2)29(44)19-53-28-18-26-37(49)31-30(28)32-38(25(8)36(31)48)55-41(9,39(32)50)54-17-16-27(52-10)22(5)34(46)24(7)35(47)23(6)33(45)20(3)14-13-15-21(4)40(51)42-26/h13-18,20,22-24,27,33-35,45-49H,11-12,19H2,1-10H3,(H,42,51)/b14-13-,17-16-,21-15-. The van der Waals surface area contributed by atoms with Crippen LogP contribution in [0.2, 0.25) is 0 Å². The van der Waals surface area contributed by atoms with Crippen LogP contribution in [0.25, 0.3) is 10.8 Å². The maximum atomic E-state index is 14.3. The summed E-state index contributed by atoms with van der Waals surface area (Å²) in [7, 11) is 1.44. The van der Waals surface area contributed by atoms with E-state index in [1.54, 1.807) is 44.7 Å². The number of aliphatic hydroxyl groups excluding tert-OH is 3. The zero-order valence-corrected chi connectivity index (χ0v) is 33.2. The van der Waals surface area contributed by atoms with Gasteiger partial charge in [0, 0.05) is 73.4 Å². The number of nitrogens with one attached hydrogen (secondary N) is 1. The first-order valence-electron chi connectivity index (χ1n) is 18.6. The van der Waals surface area contributed by atoms with Gasteiger partial charge in [0.05, 0.1) is 47.3 Å². The van der Waals surface area contributed by atoms with Crippen molar-refractivity contribution < 1.29 is 58.9 Å². The molecule has 3 heterocycles. The largest absolute Gasteiger partial charge is 0.507 e. The normalized spacial score (nSPS) is 31.3. The maximum Gasteiger partial charge on any atom is 0.312 e. The molecule has 5 bridgehead atoms. The van der Waals surface area contributed by atoms with Gasteiger partial charge in [0.2, 0.25) is 0 Å². The van der Waals surface area contributed by atoms with E-state index >= 15 is 0 Å². The number of carbonyl (C=O) groups is 3. The molecule has 0 spiro atoms. The van der Waals surface area contributed by atoms with Gasteiger partial charge in [-0.3, -0.25) is 14.4 Å². The predicted octanol–water partition coefficient (Wildman–Crippen LogP) is 4.72. The zero-order valence-electron chi connectivity index (χ0n) is 33.2. The van der Waals surface area contributed by atoms with E-state index in [9.17, 15) is 39.9 Å². The van der Waals surface area contributed by atoms with Crippen molar-refractivity contribution in [3.05, 3.63) is 53.3 Å². The number of phenols is 2. The topological polar surface area (TPSA) is 205 Å². The lowest BCUT2D eigenvalue weighted by molar-refractivity contribution is -0.132. The number of rotatable bonds is 6. The van der Waals surface area contributed by atoms with Crippen molar-refractivity contribution in [2.45, 2.75) is 92.5 Å². The minimum absolute atomic E-state index is 0.0430. The lowest BCUT2D eigenvalue weighted by Crippen LogP contribution is -2.44. The highest BCUT2D eigenvalue weighted by Gasteiger charge is 2.49. The summed E-state index contributed by atoms with van der Waals surface area (Å²) in [6, 6.07) is 1.27. The van der Waals surface area contributed by atoms with E-state index in [1.807, 2.05) is 13.8 Å². The highest BCUT2D eigenvalue weighted by atomic mass is 16.7. The molecule has 14 heteroatoms. The van der Waals surface area contributed by atoms with Gasteiger partial charge in [0.15, 0.2) is 12.4 Å². The Morgan fingerprint density at radius 2 is 1.55 bits per heavy atom. The molecule has 2 amide bonds. The van der Waals surface area contributed by atoms with Crippen LogP contribution in [0.15, 0.2) is 42.2 Å². The molecule has 2 aromatic rings. The summed E-state index contributed by atoms with van der Waals surface area (Å²) in [5.74, 6) is -7.25. The Labute approximate surface area is 322 Å². The first kappa shape index (κ1) is 43.1. The van der Waals surface area contributed by atoms with E-state index in [1.165, 1.54) is 52.4 Å². The molecule has 5 rings (SSSR count). The Morgan fingerprint density at radius 3 is 2.16 bits per heavy atom. The summed E-state index contributed by atoms with van der Waals surface area (Å²) >= 11 is 0. The van der Waals surface area contributed by atoms with Crippen LogP contribution in [0.4, 0.5) is 5.69 Å². The Balaban J connectivity index is 1.92. The molecule has 0 aromatic heterocycles. The minimum atomic E-state index is -1.99. The number of methoxy groups -OCH3 is 1. The van der Waals surface area contributed by atoms with E-state index in [0.29, 0.717) is 13.1 Å². The van der Waals surface area contributed by atoms with Gasteiger partial charge in [0.1, 0.15) is 17.2 Å². The average molecular weight is 769 g/mol. The van der Waals surface area contributed by atoms with Gasteiger partial charge in [-0.2, -0.15) is 0 Å². The number of Topliss-reactive ketones (excluding diaryl/α,β-unsaturated/α-hetero) is 1. The van der Waals surface area contributed by atoms with Gasteiger partial charge < -0.3 is 54.7 Å². The number of ketones is 1. The number of nitrogens with zero attached hydrogens (tertiary/aromatic N) is 1. The molecule has 302 valence electrons. The van der Waals surface area contributed by atoms with Crippen molar-refractivity contribution in [1.82, 2.24) is 4.90 Å². The predicted molar refractivity (Wildman–Crippen MR) is 206 cm³/mol. The Morgan fingerprint density at radius 1 is 0.927 bits per heavy atom. The molecule has 0 aliphatic carbocycles. The number of aliphatic hydroxyl groups is 3. The van der Waals surface area contributed by atoms with Gasteiger partial charge in [-0.15, -0.1) is 0 Å². The third-order valence-corrected chi connectivity index (χ3v) is 11.0. The van der Waals surface area contributed by atoms with Crippen molar-refractivity contribution in [1.29, 1.82) is 0 Å². The van der Waals surface area contributed by atoms with Crippen LogP contribution in [-0.2, 0) is 19.1 Å². The van der Waals surface area contributed by atoms with Crippen molar-refractivity contribution in [2.24, 2.45) is 23.7 Å². The summed E-state index contributed by atoms with van der Waals surface area (Å²) in [5.41, 5.74) is 0.0409. The van der Waals surface area contributed by atoms with Crippen molar-refractivity contribution in [3.63, 3.8) is 0 Å². The van der Waals surface area contributed by atoms with Gasteiger partial charge in [-0.1, -0.05) is 45.9 Å². The fourth-order valence-corrected chi connectivity index (χ4v) is 7.16. The average Bonchev–Trinajstić information content (AvgIpc) is 3.43. The molecule has 0 saturated carbocycles. The van der Waals surface area contributed by atoms with Gasteiger partial charge >= 0.3 is 5.79 Å². The van der Waals surface area contributed by atoms with E-state index in [0.717, 1.165) is 0 Å². The number of carbonyl (C=O) groups excluding carboxylic acids is 3. The fourth-order valence-electron chi connectivity index (χ4n) is 7.16. The van der Waals surface area contributed by atoms with E-state index in [-0.39, 0.29) is 50.6 Å². The van der Waals surface area contributed by atoms with Crippen LogP contribution in [0.5, 0.6) is 23.0 Å². The highest BCUT2D eigenvalue weighted by Crippen LogP contribution is 2.54. The van der Waals surface area contributed by atoms with E-state index in [2.05, 4.69) is 5.32 Å². The third kappa shape index (κ3) is 8.47. The van der Waals surface area contributed by atoms with Crippen molar-refractivity contribution in [2.75, 3.05) is 32.1 Å². The number of phenolic OH excluding ortho intramolecular Hbond substituents is 2. The smallest absolute Gasteiger partial charge is 0.312 e. The molecule has 55 heavy (non-hydrogen) atoms. The highest BCUT2D eigenvalue weighted by molar-refractivity contribution is 6.21. The quantitative estimate of drug-likeness (QED) is 0.221. The number of allylic oxidation sites excluding steroid dienone is 2. The third-order valence-electron chi connectivity index (χ3n) is 11.0. The maximum absolute atomic E-state index is 14.3. The van der Waals surface area contributed by atoms with Crippen molar-refractivity contribution >= 4 is 34.1 Å². The summed E-state index contributed by atoms with van der Waals surface area (Å²) in [6.45, 7) is 15.3. The van der Waals surface area contributed by atoms with E-state index < -0.39 is 83.7 Å². The Bertz CT molecular complexity index is 1870. The van der Waals surface area contributed by atoms with Crippen molar-refractivity contribution in [3.8, 4) is 23.0 Å². The molecule has 2 aromatic carbocycles. The summed E-state index contributed by atoms with van der Waals surface area (Å²) < 4.78 is 23.7. The van der Waals surface area contributed by atoms with Crippen LogP contribution < -0.4 is 14.8 Å². The van der Waals surface area contributed by atoms with E-state index in [4.69, 9.17) is 18.9 Å². The SMILES string of the molecule is CCN(CC)C(=O)COc1cc2c(O)c3c(O)c(C)c4c(c13)C(=O)C(C)(O/C=C\C(OC)C(C)C(O)C(C)C(O)C(C)C(O)C(C)/C=C\C=C(\C)C(=O)N2)O4. The number of ether oxygens (including phenoxy) is 4. The molecular formula is C41H56N2O12. The second kappa shape index (κ2) is 17.4. The van der Waals surface area contributed by atoms with Crippen LogP contribution in [0.1, 0.15) is 71.3 Å². The Hall–Kier alpha value is -4.63. The molecule has 0 fully saturated rings. The van der Waals surface area contributed by atoms with Crippen LogP contribution >= 0.6 is 0 Å². The molecule has 3 aliphatic heterocycles. The zero-order chi connectivity index (χ0) is 41.1. The molecule has 0 radical (unpaired) electrons. The Kier molecular flexibility index (Phi) is 13.7. The fraction of sp³-hybridized carbons (Fsp3) is 0.537. The molecule has 9 unspecified atom stereocenters. The second-order valence-corrected chi connectivity index (χ2v) is 14.7. The van der Waals surface area contributed by atoms with Crippen LogP contribution in [0, 0.1) is 30.6 Å². The molecule has 3 aliphatic rings. The number of benzene rings is 2. The van der Waals surface area contributed by atoms with Gasteiger partial charge in [0.25, 0.3) is 17.6 Å². The molecular weight excluding hydrogens is 712 g/mol.